The van der Waals surface area contributed by atoms with Crippen LogP contribution in [0, 0.1) is 10.1 Å². The molecule has 0 spiro atoms. The van der Waals surface area contributed by atoms with Crippen LogP contribution in [0.4, 0.5) is 11.4 Å². The molecule has 0 saturated heterocycles. The van der Waals surface area contributed by atoms with Crippen molar-refractivity contribution in [1.82, 2.24) is 24.8 Å². The number of hydrogen-bond donors (Lipinski definition) is 1. The first-order chi connectivity index (χ1) is 16.4. The molecule has 0 aliphatic heterocycles. The number of anilines is 1. The van der Waals surface area contributed by atoms with Gasteiger partial charge in [-0.25, -0.2) is 8.42 Å². The summed E-state index contributed by atoms with van der Waals surface area (Å²) in [6, 6.07) is 18.8. The molecule has 0 atom stereocenters. The third kappa shape index (κ3) is 3.93. The molecule has 0 bridgehead atoms. The minimum atomic E-state index is -4.20. The van der Waals surface area contributed by atoms with Gasteiger partial charge in [-0.3, -0.25) is 19.8 Å². The first-order valence-electron chi connectivity index (χ1n) is 9.92. The maximum atomic E-state index is 12.9. The number of hydrogen-bond acceptors (Lipinski definition) is 8. The van der Waals surface area contributed by atoms with Crippen LogP contribution in [0.15, 0.2) is 90.1 Å². The smallest absolute Gasteiger partial charge is 0.279 e. The van der Waals surface area contributed by atoms with Crippen LogP contribution in [0.1, 0.15) is 0 Å². The molecule has 168 valence electrons. The molecule has 0 saturated carbocycles. The maximum Gasteiger partial charge on any atom is 0.289 e. The Hall–Kier alpha value is -4.71. The molecule has 0 fully saturated rings. The van der Waals surface area contributed by atoms with Gasteiger partial charge in [0.1, 0.15) is 0 Å². The first kappa shape index (κ1) is 21.2. The van der Waals surface area contributed by atoms with Gasteiger partial charge in [0.25, 0.3) is 15.7 Å². The molecule has 1 N–H and O–H groups in total. The van der Waals surface area contributed by atoms with E-state index in [0.29, 0.717) is 22.7 Å². The van der Waals surface area contributed by atoms with Gasteiger partial charge in [0.15, 0.2) is 16.4 Å². The lowest BCUT2D eigenvalue weighted by molar-refractivity contribution is -0.387. The summed E-state index contributed by atoms with van der Waals surface area (Å²) in [6.45, 7) is 0. The number of nitro benzene ring substituents is 1. The lowest BCUT2D eigenvalue weighted by Gasteiger charge is -2.10. The first-order valence-corrected chi connectivity index (χ1v) is 11.4. The largest absolute Gasteiger partial charge is 0.289 e. The molecule has 3 aromatic heterocycles. The van der Waals surface area contributed by atoms with Gasteiger partial charge in [0.05, 0.1) is 10.6 Å². The molecular weight excluding hydrogens is 458 g/mol. The fraction of sp³-hybridized carbons (Fsp3) is 0. The molecule has 0 amide bonds. The second-order valence-corrected chi connectivity index (χ2v) is 8.81. The van der Waals surface area contributed by atoms with E-state index in [4.69, 9.17) is 0 Å². The number of sulfonamides is 1. The number of pyridine rings is 1. The highest BCUT2D eigenvalue weighted by molar-refractivity contribution is 7.92. The monoisotopic (exact) mass is 473 g/mol. The topological polar surface area (TPSA) is 145 Å². The Balaban J connectivity index is 1.51. The van der Waals surface area contributed by atoms with Crippen LogP contribution < -0.4 is 4.72 Å². The molecule has 0 unspecified atom stereocenters. The third-order valence-corrected chi connectivity index (χ3v) is 6.39. The lowest BCUT2D eigenvalue weighted by Crippen LogP contribution is -2.14. The summed E-state index contributed by atoms with van der Waals surface area (Å²) in [6.07, 6.45) is 3.29. The number of fused-ring (bicyclic) bond motifs is 1. The second kappa shape index (κ2) is 8.33. The Morgan fingerprint density at radius 2 is 1.68 bits per heavy atom. The van der Waals surface area contributed by atoms with Gasteiger partial charge in [0.2, 0.25) is 0 Å². The Labute approximate surface area is 192 Å². The van der Waals surface area contributed by atoms with E-state index in [1.165, 1.54) is 18.2 Å². The number of nitro groups is 1. The number of para-hydroxylation sites is 1. The second-order valence-electron chi connectivity index (χ2n) is 7.16. The van der Waals surface area contributed by atoms with E-state index >= 15 is 0 Å². The zero-order chi connectivity index (χ0) is 23.7. The summed E-state index contributed by atoms with van der Waals surface area (Å²) in [5.74, 6) is 0.535. The van der Waals surface area contributed by atoms with Crippen LogP contribution in [0.5, 0.6) is 0 Å². The average Bonchev–Trinajstić information content (AvgIpc) is 3.28. The number of nitrogens with zero attached hydrogens (tertiary/aromatic N) is 6. The molecule has 5 rings (SSSR count). The van der Waals surface area contributed by atoms with E-state index in [2.05, 4.69) is 25.0 Å². The number of aromatic nitrogens is 5. The molecule has 3 heterocycles. The standard InChI is InChI=1S/C22H15N7O4S/c30-29(31)19-6-1-2-7-20(19)34(32,33)27-17-5-3-4-16(14-17)18-8-9-21-24-25-22(28(21)26-18)15-10-12-23-13-11-15/h1-14,27H. The third-order valence-electron chi connectivity index (χ3n) is 4.96. The number of nitrogens with one attached hydrogen (secondary N) is 1. The van der Waals surface area contributed by atoms with Crippen molar-refractivity contribution < 1.29 is 13.3 Å². The van der Waals surface area contributed by atoms with Crippen LogP contribution in [-0.2, 0) is 10.0 Å². The summed E-state index contributed by atoms with van der Waals surface area (Å²) in [4.78, 5) is 14.1. The van der Waals surface area contributed by atoms with Gasteiger partial charge in [0, 0.05) is 35.3 Å². The molecule has 34 heavy (non-hydrogen) atoms. The van der Waals surface area contributed by atoms with Crippen LogP contribution in [0.2, 0.25) is 0 Å². The Morgan fingerprint density at radius 3 is 2.47 bits per heavy atom. The Morgan fingerprint density at radius 1 is 0.882 bits per heavy atom. The summed E-state index contributed by atoms with van der Waals surface area (Å²) in [5.41, 5.74) is 2.24. The van der Waals surface area contributed by atoms with Gasteiger partial charge in [-0.15, -0.1) is 10.2 Å². The molecule has 0 aliphatic carbocycles. The van der Waals surface area contributed by atoms with Gasteiger partial charge < -0.3 is 0 Å². The van der Waals surface area contributed by atoms with Crippen LogP contribution in [-0.4, -0.2) is 38.1 Å². The number of benzene rings is 2. The van der Waals surface area contributed by atoms with E-state index in [1.807, 2.05) is 0 Å². The zero-order valence-corrected chi connectivity index (χ0v) is 18.1. The van der Waals surface area contributed by atoms with Gasteiger partial charge in [-0.1, -0.05) is 24.3 Å². The van der Waals surface area contributed by atoms with Crippen molar-refractivity contribution in [2.24, 2.45) is 0 Å². The highest BCUT2D eigenvalue weighted by atomic mass is 32.2. The fourth-order valence-corrected chi connectivity index (χ4v) is 4.63. The summed E-state index contributed by atoms with van der Waals surface area (Å²) in [5, 5.41) is 24.2. The van der Waals surface area contributed by atoms with Crippen LogP contribution in [0.25, 0.3) is 28.3 Å². The molecule has 12 heteroatoms. The normalized spacial score (nSPS) is 11.4. The maximum absolute atomic E-state index is 12.9. The Kier molecular flexibility index (Phi) is 5.18. The predicted octanol–water partition coefficient (Wildman–Crippen LogP) is 3.56. The van der Waals surface area contributed by atoms with Gasteiger partial charge in [-0.05, 0) is 42.5 Å². The van der Waals surface area contributed by atoms with Crippen LogP contribution in [0.3, 0.4) is 0 Å². The Bertz CT molecular complexity index is 1640. The van der Waals surface area contributed by atoms with Crippen molar-refractivity contribution in [3.8, 4) is 22.6 Å². The van der Waals surface area contributed by atoms with Crippen molar-refractivity contribution in [1.29, 1.82) is 0 Å². The predicted molar refractivity (Wildman–Crippen MR) is 123 cm³/mol. The van der Waals surface area contributed by atoms with E-state index in [-0.39, 0.29) is 5.69 Å². The molecule has 0 radical (unpaired) electrons. The van der Waals surface area contributed by atoms with E-state index in [1.54, 1.807) is 65.4 Å². The molecular formula is C22H15N7O4S. The fourth-order valence-electron chi connectivity index (χ4n) is 3.41. The zero-order valence-electron chi connectivity index (χ0n) is 17.3. The molecule has 2 aromatic carbocycles. The van der Waals surface area contributed by atoms with E-state index < -0.39 is 25.5 Å². The van der Waals surface area contributed by atoms with Crippen molar-refractivity contribution in [3.05, 3.63) is 95.3 Å². The summed E-state index contributed by atoms with van der Waals surface area (Å²) in [7, 11) is -4.20. The molecule has 0 aliphatic rings. The van der Waals surface area contributed by atoms with Crippen molar-refractivity contribution in [3.63, 3.8) is 0 Å². The van der Waals surface area contributed by atoms with Crippen molar-refractivity contribution >= 4 is 27.0 Å². The highest BCUT2D eigenvalue weighted by Gasteiger charge is 2.25. The van der Waals surface area contributed by atoms with Crippen LogP contribution >= 0.6 is 0 Å². The summed E-state index contributed by atoms with van der Waals surface area (Å²) >= 11 is 0. The number of rotatable bonds is 6. The quantitative estimate of drug-likeness (QED) is 0.291. The van der Waals surface area contributed by atoms with Crippen molar-refractivity contribution in [2.45, 2.75) is 4.90 Å². The van der Waals surface area contributed by atoms with E-state index in [0.717, 1.165) is 11.6 Å². The molecule has 5 aromatic rings. The lowest BCUT2D eigenvalue weighted by atomic mass is 10.1. The minimum Gasteiger partial charge on any atom is -0.279 e. The van der Waals surface area contributed by atoms with Gasteiger partial charge in [-0.2, -0.15) is 9.61 Å². The summed E-state index contributed by atoms with van der Waals surface area (Å²) < 4.78 is 29.7. The minimum absolute atomic E-state index is 0.232. The average molecular weight is 473 g/mol. The van der Waals surface area contributed by atoms with Crippen molar-refractivity contribution in [2.75, 3.05) is 4.72 Å². The van der Waals surface area contributed by atoms with E-state index in [9.17, 15) is 18.5 Å². The highest BCUT2D eigenvalue weighted by Crippen LogP contribution is 2.27. The SMILES string of the molecule is O=[N+]([O-])c1ccccc1S(=O)(=O)Nc1cccc(-c2ccc3nnc(-c4ccncc4)n3n2)c1. The van der Waals surface area contributed by atoms with Gasteiger partial charge >= 0.3 is 0 Å². The molecule has 11 nitrogen and oxygen atoms in total.